The maximum Gasteiger partial charge on any atom is 0.293 e. The highest BCUT2D eigenvalue weighted by Gasteiger charge is 2.34. The summed E-state index contributed by atoms with van der Waals surface area (Å²) in [6.45, 7) is 2.66. The van der Waals surface area contributed by atoms with Crippen molar-refractivity contribution in [2.45, 2.75) is 25.7 Å². The maximum atomic E-state index is 12.4. The van der Waals surface area contributed by atoms with Crippen LogP contribution in [0.3, 0.4) is 0 Å². The summed E-state index contributed by atoms with van der Waals surface area (Å²) < 4.78 is 11.3. The first-order valence-electron chi connectivity index (χ1n) is 8.12. The van der Waals surface area contributed by atoms with Gasteiger partial charge in [0.25, 0.3) is 5.89 Å². The van der Waals surface area contributed by atoms with Gasteiger partial charge >= 0.3 is 0 Å². The smallest absolute Gasteiger partial charge is 0.293 e. The summed E-state index contributed by atoms with van der Waals surface area (Å²) in [6.07, 6.45) is 1.35. The molecule has 0 spiro atoms. The Hall–Kier alpha value is -2.41. The van der Waals surface area contributed by atoms with Crippen molar-refractivity contribution in [2.24, 2.45) is 0 Å². The second kappa shape index (κ2) is 6.48. The number of benzene rings is 1. The molecule has 3 aromatic rings. The monoisotopic (exact) mass is 401 g/mol. The van der Waals surface area contributed by atoms with E-state index in [1.54, 1.807) is 17.0 Å². The lowest BCUT2D eigenvalue weighted by atomic mass is 10.1. The molecule has 0 aliphatic carbocycles. The van der Waals surface area contributed by atoms with E-state index in [-0.39, 0.29) is 11.8 Å². The van der Waals surface area contributed by atoms with Crippen LogP contribution in [-0.4, -0.2) is 22.6 Å². The molecule has 1 amide bonds. The Bertz CT molecular complexity index is 900. The molecule has 1 saturated heterocycles. The Morgan fingerprint density at radius 2 is 2.04 bits per heavy atom. The van der Waals surface area contributed by atoms with Gasteiger partial charge in [0.05, 0.1) is 0 Å². The molecule has 1 atom stereocenters. The van der Waals surface area contributed by atoms with Gasteiger partial charge in [-0.15, -0.1) is 0 Å². The van der Waals surface area contributed by atoms with Crippen LogP contribution in [-0.2, 0) is 11.2 Å². The van der Waals surface area contributed by atoms with E-state index in [0.29, 0.717) is 35.1 Å². The molecule has 1 aliphatic heterocycles. The summed E-state index contributed by atoms with van der Waals surface area (Å²) in [5, 5.41) is 4.03. The molecule has 128 valence electrons. The Kier molecular flexibility index (Phi) is 4.17. The lowest BCUT2D eigenvalue weighted by molar-refractivity contribution is -0.117. The average molecular weight is 402 g/mol. The summed E-state index contributed by atoms with van der Waals surface area (Å²) >= 11 is 3.25. The summed E-state index contributed by atoms with van der Waals surface area (Å²) in [7, 11) is 0. The van der Waals surface area contributed by atoms with Gasteiger partial charge in [-0.2, -0.15) is 4.98 Å². The number of hydrogen-bond donors (Lipinski definition) is 0. The molecule has 3 heterocycles. The van der Waals surface area contributed by atoms with Crippen LogP contribution in [0.1, 0.15) is 30.7 Å². The first-order chi connectivity index (χ1) is 12.1. The van der Waals surface area contributed by atoms with Crippen molar-refractivity contribution in [3.05, 3.63) is 52.5 Å². The van der Waals surface area contributed by atoms with Crippen LogP contribution in [0.5, 0.6) is 0 Å². The number of amides is 1. The third-order valence-electron chi connectivity index (χ3n) is 4.37. The molecule has 1 fully saturated rings. The third-order valence-corrected chi connectivity index (χ3v) is 4.80. The van der Waals surface area contributed by atoms with Gasteiger partial charge in [-0.3, -0.25) is 4.79 Å². The molecule has 0 N–H and O–H groups in total. The van der Waals surface area contributed by atoms with E-state index in [1.807, 2.05) is 12.1 Å². The fraction of sp³-hybridized carbons (Fsp3) is 0.278. The predicted octanol–water partition coefficient (Wildman–Crippen LogP) is 4.18. The summed E-state index contributed by atoms with van der Waals surface area (Å²) in [5.74, 6) is 1.33. The van der Waals surface area contributed by atoms with E-state index >= 15 is 0 Å². The third kappa shape index (κ3) is 3.11. The molecule has 25 heavy (non-hydrogen) atoms. The van der Waals surface area contributed by atoms with Crippen LogP contribution in [0, 0.1) is 0 Å². The summed E-state index contributed by atoms with van der Waals surface area (Å²) in [4.78, 5) is 18.6. The molecule has 1 aliphatic rings. The minimum Gasteiger partial charge on any atom is -0.444 e. The lowest BCUT2D eigenvalue weighted by Crippen LogP contribution is -2.24. The van der Waals surface area contributed by atoms with Crippen molar-refractivity contribution < 1.29 is 13.7 Å². The minimum absolute atomic E-state index is 0.0707. The molecular weight excluding hydrogens is 386 g/mol. The second-order valence-corrected chi connectivity index (χ2v) is 6.77. The fourth-order valence-corrected chi connectivity index (χ4v) is 3.28. The highest BCUT2D eigenvalue weighted by molar-refractivity contribution is 9.10. The molecule has 6 nitrogen and oxygen atoms in total. The normalized spacial score (nSPS) is 17.4. The first kappa shape index (κ1) is 16.1. The number of halogens is 1. The number of nitrogens with zero attached hydrogens (tertiary/aromatic N) is 3. The summed E-state index contributed by atoms with van der Waals surface area (Å²) in [5.41, 5.74) is 2.16. The zero-order valence-electron chi connectivity index (χ0n) is 13.6. The van der Waals surface area contributed by atoms with Gasteiger partial charge in [-0.1, -0.05) is 24.2 Å². The fourth-order valence-electron chi connectivity index (χ4n) is 2.97. The van der Waals surface area contributed by atoms with E-state index < -0.39 is 0 Å². The van der Waals surface area contributed by atoms with E-state index in [2.05, 4.69) is 45.1 Å². The SMILES string of the molecule is CCc1ccc(N2CC(c3noc(-c4ccc(Br)o4)n3)CC2=O)cc1. The van der Waals surface area contributed by atoms with Crippen molar-refractivity contribution in [1.29, 1.82) is 0 Å². The van der Waals surface area contributed by atoms with Gasteiger partial charge in [0.15, 0.2) is 16.3 Å². The number of furan rings is 1. The van der Waals surface area contributed by atoms with Crippen molar-refractivity contribution >= 4 is 27.5 Å². The zero-order chi connectivity index (χ0) is 17.4. The minimum atomic E-state index is -0.0887. The second-order valence-electron chi connectivity index (χ2n) is 5.99. The molecule has 0 saturated carbocycles. The summed E-state index contributed by atoms with van der Waals surface area (Å²) in [6, 6.07) is 11.6. The van der Waals surface area contributed by atoms with Crippen molar-refractivity contribution in [3.63, 3.8) is 0 Å². The van der Waals surface area contributed by atoms with Crippen molar-refractivity contribution in [1.82, 2.24) is 10.1 Å². The number of aromatic nitrogens is 2. The van der Waals surface area contributed by atoms with Crippen LogP contribution >= 0.6 is 15.9 Å². The van der Waals surface area contributed by atoms with Gasteiger partial charge in [0.1, 0.15) is 0 Å². The number of anilines is 1. The standard InChI is InChI=1S/C18H16BrN3O3/c1-2-11-3-5-13(6-4-11)22-10-12(9-16(22)23)17-20-18(25-21-17)14-7-8-15(19)24-14/h3-8,12H,2,9-10H2,1H3. The average Bonchev–Trinajstić information content (AvgIpc) is 3.34. The number of carbonyl (C=O) groups is 1. The van der Waals surface area contributed by atoms with Gasteiger partial charge < -0.3 is 13.8 Å². The zero-order valence-corrected chi connectivity index (χ0v) is 15.2. The Balaban J connectivity index is 1.53. The van der Waals surface area contributed by atoms with Gasteiger partial charge in [-0.05, 0) is 52.2 Å². The molecule has 0 radical (unpaired) electrons. The molecule has 1 unspecified atom stereocenters. The number of hydrogen-bond acceptors (Lipinski definition) is 5. The molecular formula is C18H16BrN3O3. The number of rotatable bonds is 4. The highest BCUT2D eigenvalue weighted by Crippen LogP contribution is 2.32. The molecule has 4 rings (SSSR count). The highest BCUT2D eigenvalue weighted by atomic mass is 79.9. The van der Waals surface area contributed by atoms with Crippen LogP contribution < -0.4 is 4.90 Å². The quantitative estimate of drug-likeness (QED) is 0.655. The van der Waals surface area contributed by atoms with Crippen molar-refractivity contribution in [3.8, 4) is 11.7 Å². The Morgan fingerprint density at radius 3 is 2.72 bits per heavy atom. The van der Waals surface area contributed by atoms with E-state index in [4.69, 9.17) is 8.94 Å². The molecule has 7 heteroatoms. The van der Waals surface area contributed by atoms with Crippen molar-refractivity contribution in [2.75, 3.05) is 11.4 Å². The Labute approximate surface area is 152 Å². The van der Waals surface area contributed by atoms with Gasteiger partial charge in [-0.25, -0.2) is 0 Å². The van der Waals surface area contributed by atoms with Crippen LogP contribution in [0.2, 0.25) is 0 Å². The Morgan fingerprint density at radius 1 is 1.24 bits per heavy atom. The largest absolute Gasteiger partial charge is 0.444 e. The van der Waals surface area contributed by atoms with Crippen LogP contribution in [0.15, 0.2) is 50.0 Å². The van der Waals surface area contributed by atoms with Crippen LogP contribution in [0.4, 0.5) is 5.69 Å². The maximum absolute atomic E-state index is 12.4. The van der Waals surface area contributed by atoms with Gasteiger partial charge in [0.2, 0.25) is 5.91 Å². The van der Waals surface area contributed by atoms with E-state index in [9.17, 15) is 4.79 Å². The molecule has 2 aromatic heterocycles. The molecule has 0 bridgehead atoms. The van der Waals surface area contributed by atoms with Gasteiger partial charge in [0, 0.05) is 24.6 Å². The first-order valence-corrected chi connectivity index (χ1v) is 8.92. The topological polar surface area (TPSA) is 72.4 Å². The van der Waals surface area contributed by atoms with Crippen LogP contribution in [0.25, 0.3) is 11.7 Å². The van der Waals surface area contributed by atoms with E-state index in [1.165, 1.54) is 5.56 Å². The predicted molar refractivity (Wildman–Crippen MR) is 95.2 cm³/mol. The number of carbonyl (C=O) groups excluding carboxylic acids is 1. The van der Waals surface area contributed by atoms with E-state index in [0.717, 1.165) is 12.1 Å². The lowest BCUT2D eigenvalue weighted by Gasteiger charge is -2.16. The number of aryl methyl sites for hydroxylation is 1. The molecule has 1 aromatic carbocycles.